The van der Waals surface area contributed by atoms with Gasteiger partial charge in [-0.2, -0.15) is 0 Å². The molecule has 0 aliphatic heterocycles. The normalized spacial score (nSPS) is 12.3. The van der Waals surface area contributed by atoms with Gasteiger partial charge < -0.3 is 9.73 Å². The highest BCUT2D eigenvalue weighted by atomic mass is 32.2. The zero-order valence-electron chi connectivity index (χ0n) is 12.2. The first-order valence-corrected chi connectivity index (χ1v) is 8.58. The minimum Gasteiger partial charge on any atom is -0.419 e. The molecule has 0 amide bonds. The lowest BCUT2D eigenvalue weighted by Gasteiger charge is -2.02. The summed E-state index contributed by atoms with van der Waals surface area (Å²) in [6, 6.07) is 9.74. The summed E-state index contributed by atoms with van der Waals surface area (Å²) in [5.41, 5.74) is 0.920. The Kier molecular flexibility index (Phi) is 4.69. The molecule has 22 heavy (non-hydrogen) atoms. The number of rotatable bonds is 6. The molecule has 0 radical (unpaired) electrons. The van der Waals surface area contributed by atoms with Gasteiger partial charge in [0.15, 0.2) is 4.34 Å². The zero-order chi connectivity index (χ0) is 15.4. The molecule has 8 heteroatoms. The average Bonchev–Trinajstić information content (AvgIpc) is 3.18. The number of nitrogens with one attached hydrogen (secondary N) is 1. The maximum atomic E-state index is 5.76. The van der Waals surface area contributed by atoms with Crippen LogP contribution in [0.15, 0.2) is 39.1 Å². The van der Waals surface area contributed by atoms with E-state index in [2.05, 4.69) is 25.7 Å². The Bertz CT molecular complexity index is 728. The molecule has 0 saturated carbocycles. The predicted octanol–water partition coefficient (Wildman–Crippen LogP) is 3.87. The average molecular weight is 333 g/mol. The molecule has 0 unspecified atom stereocenters. The lowest BCUT2D eigenvalue weighted by atomic mass is 10.2. The van der Waals surface area contributed by atoms with Crippen LogP contribution in [-0.2, 0) is 0 Å². The van der Waals surface area contributed by atoms with Gasteiger partial charge in [-0.15, -0.1) is 20.4 Å². The molecule has 0 aliphatic carbocycles. The van der Waals surface area contributed by atoms with E-state index in [1.54, 1.807) is 11.8 Å². The summed E-state index contributed by atoms with van der Waals surface area (Å²) in [5.74, 6) is 1.12. The van der Waals surface area contributed by atoms with Gasteiger partial charge in [-0.1, -0.05) is 41.3 Å². The molecule has 2 aromatic heterocycles. The summed E-state index contributed by atoms with van der Waals surface area (Å²) >= 11 is 3.08. The molecular weight excluding hydrogens is 318 g/mol. The van der Waals surface area contributed by atoms with Gasteiger partial charge in [-0.25, -0.2) is 0 Å². The van der Waals surface area contributed by atoms with Crippen LogP contribution in [0.4, 0.5) is 5.13 Å². The van der Waals surface area contributed by atoms with E-state index in [1.165, 1.54) is 11.3 Å². The third kappa shape index (κ3) is 3.45. The van der Waals surface area contributed by atoms with Crippen LogP contribution in [0.5, 0.6) is 0 Å². The van der Waals surface area contributed by atoms with Crippen LogP contribution >= 0.6 is 23.1 Å². The summed E-state index contributed by atoms with van der Waals surface area (Å²) in [6.45, 7) is 4.88. The monoisotopic (exact) mass is 333 g/mol. The fourth-order valence-electron chi connectivity index (χ4n) is 1.78. The molecule has 1 aromatic carbocycles. The molecular formula is C14H15N5OS2. The number of hydrogen-bond donors (Lipinski definition) is 1. The highest BCUT2D eigenvalue weighted by molar-refractivity contribution is 8.01. The Morgan fingerprint density at radius 1 is 1.18 bits per heavy atom. The van der Waals surface area contributed by atoms with E-state index in [0.29, 0.717) is 11.8 Å². The standard InChI is InChI=1S/C14H15N5OS2/c1-3-15-13-18-19-14(22-13)21-9(2)11-16-17-12(20-11)10-7-5-4-6-8-10/h4-9H,3H2,1-2H3,(H,15,18)/t9-/m1/s1. The van der Waals surface area contributed by atoms with Crippen molar-refractivity contribution < 1.29 is 4.42 Å². The molecule has 3 aromatic rings. The summed E-state index contributed by atoms with van der Waals surface area (Å²) in [7, 11) is 0. The zero-order valence-corrected chi connectivity index (χ0v) is 13.8. The lowest BCUT2D eigenvalue weighted by Crippen LogP contribution is -1.94. The summed E-state index contributed by atoms with van der Waals surface area (Å²) in [6.07, 6.45) is 0. The Labute approximate surface area is 136 Å². The van der Waals surface area contributed by atoms with Gasteiger partial charge in [0.1, 0.15) is 0 Å². The topological polar surface area (TPSA) is 76.7 Å². The van der Waals surface area contributed by atoms with Crippen LogP contribution in [-0.4, -0.2) is 26.9 Å². The molecule has 0 fully saturated rings. The number of anilines is 1. The SMILES string of the molecule is CCNc1nnc(S[C@H](C)c2nnc(-c3ccccc3)o2)s1. The third-order valence-electron chi connectivity index (χ3n) is 2.82. The van der Waals surface area contributed by atoms with Crippen LogP contribution in [0.25, 0.3) is 11.5 Å². The smallest absolute Gasteiger partial charge is 0.247 e. The van der Waals surface area contributed by atoms with Crippen molar-refractivity contribution in [2.24, 2.45) is 0 Å². The van der Waals surface area contributed by atoms with E-state index in [0.717, 1.165) is 21.6 Å². The number of hydrogen-bond acceptors (Lipinski definition) is 8. The molecule has 2 heterocycles. The first-order chi connectivity index (χ1) is 10.8. The molecule has 114 valence electrons. The number of aromatic nitrogens is 4. The second kappa shape index (κ2) is 6.89. The van der Waals surface area contributed by atoms with Crippen molar-refractivity contribution in [3.8, 4) is 11.5 Å². The first-order valence-electron chi connectivity index (χ1n) is 6.89. The fourth-order valence-corrected chi connectivity index (χ4v) is 3.77. The van der Waals surface area contributed by atoms with Gasteiger partial charge in [0.25, 0.3) is 0 Å². The van der Waals surface area contributed by atoms with Gasteiger partial charge in [-0.05, 0) is 26.0 Å². The second-order valence-electron chi connectivity index (χ2n) is 4.48. The third-order valence-corrected chi connectivity index (χ3v) is 4.87. The Morgan fingerprint density at radius 2 is 2.00 bits per heavy atom. The van der Waals surface area contributed by atoms with Crippen molar-refractivity contribution in [1.29, 1.82) is 0 Å². The Balaban J connectivity index is 1.70. The van der Waals surface area contributed by atoms with Gasteiger partial charge >= 0.3 is 0 Å². The minimum absolute atomic E-state index is 0.0207. The van der Waals surface area contributed by atoms with Crippen LogP contribution in [0.1, 0.15) is 25.0 Å². The van der Waals surface area contributed by atoms with Gasteiger partial charge in [0.05, 0.1) is 5.25 Å². The van der Waals surface area contributed by atoms with Crippen LogP contribution in [0.2, 0.25) is 0 Å². The van der Waals surface area contributed by atoms with Crippen molar-refractivity contribution in [1.82, 2.24) is 20.4 Å². The second-order valence-corrected chi connectivity index (χ2v) is 7.04. The molecule has 3 rings (SSSR count). The van der Waals surface area contributed by atoms with E-state index in [9.17, 15) is 0 Å². The van der Waals surface area contributed by atoms with Crippen molar-refractivity contribution in [2.75, 3.05) is 11.9 Å². The van der Waals surface area contributed by atoms with Crippen molar-refractivity contribution in [3.05, 3.63) is 36.2 Å². The highest BCUT2D eigenvalue weighted by Crippen LogP contribution is 2.37. The van der Waals surface area contributed by atoms with E-state index >= 15 is 0 Å². The van der Waals surface area contributed by atoms with Gasteiger partial charge in [-0.3, -0.25) is 0 Å². The molecule has 0 aliphatic rings. The van der Waals surface area contributed by atoms with E-state index in [-0.39, 0.29) is 5.25 Å². The van der Waals surface area contributed by atoms with E-state index < -0.39 is 0 Å². The van der Waals surface area contributed by atoms with Crippen molar-refractivity contribution in [3.63, 3.8) is 0 Å². The summed E-state index contributed by atoms with van der Waals surface area (Å²) < 4.78 is 6.63. The maximum Gasteiger partial charge on any atom is 0.247 e. The van der Waals surface area contributed by atoms with Crippen LogP contribution in [0, 0.1) is 0 Å². The van der Waals surface area contributed by atoms with Crippen LogP contribution in [0.3, 0.4) is 0 Å². The highest BCUT2D eigenvalue weighted by Gasteiger charge is 2.18. The maximum absolute atomic E-state index is 5.76. The van der Waals surface area contributed by atoms with Crippen LogP contribution < -0.4 is 5.32 Å². The molecule has 6 nitrogen and oxygen atoms in total. The van der Waals surface area contributed by atoms with E-state index in [1.807, 2.05) is 44.2 Å². The fraction of sp³-hybridized carbons (Fsp3) is 0.286. The minimum atomic E-state index is 0.0207. The summed E-state index contributed by atoms with van der Waals surface area (Å²) in [4.78, 5) is 0. The number of benzene rings is 1. The quantitative estimate of drug-likeness (QED) is 0.686. The summed E-state index contributed by atoms with van der Waals surface area (Å²) in [5, 5.41) is 20.5. The molecule has 0 spiro atoms. The van der Waals surface area contributed by atoms with Crippen molar-refractivity contribution >= 4 is 28.2 Å². The molecule has 0 saturated heterocycles. The Morgan fingerprint density at radius 3 is 2.77 bits per heavy atom. The molecule has 1 N–H and O–H groups in total. The number of thioether (sulfide) groups is 1. The predicted molar refractivity (Wildman–Crippen MR) is 88.1 cm³/mol. The molecule has 1 atom stereocenters. The van der Waals surface area contributed by atoms with Gasteiger partial charge in [0.2, 0.25) is 16.9 Å². The van der Waals surface area contributed by atoms with Gasteiger partial charge in [0, 0.05) is 12.1 Å². The Hall–Kier alpha value is -1.93. The van der Waals surface area contributed by atoms with E-state index in [4.69, 9.17) is 4.42 Å². The van der Waals surface area contributed by atoms with Crippen molar-refractivity contribution in [2.45, 2.75) is 23.4 Å². The first kappa shape index (κ1) is 15.0. The number of nitrogens with zero attached hydrogens (tertiary/aromatic N) is 4. The molecule has 0 bridgehead atoms. The largest absolute Gasteiger partial charge is 0.419 e. The lowest BCUT2D eigenvalue weighted by molar-refractivity contribution is 0.509.